The second-order valence-corrected chi connectivity index (χ2v) is 5.37. The lowest BCUT2D eigenvalue weighted by molar-refractivity contribution is 0.754. The van der Waals surface area contributed by atoms with Gasteiger partial charge in [0.2, 0.25) is 0 Å². The standard InChI is InChI=1S/C13H13ClN4S/c1-19-13-17-11-7-15-6-8(11)12(18-13)16-10-5-3-2-4-9(10)14/h2-5,15H,6-7H2,1H3,(H,16,17,18). The Kier molecular flexibility index (Phi) is 3.59. The number of aromatic nitrogens is 2. The topological polar surface area (TPSA) is 49.8 Å². The van der Waals surface area contributed by atoms with Crippen LogP contribution >= 0.6 is 23.4 Å². The normalized spacial score (nSPS) is 13.4. The summed E-state index contributed by atoms with van der Waals surface area (Å²) in [6.45, 7) is 1.58. The van der Waals surface area contributed by atoms with Crippen LogP contribution in [0.2, 0.25) is 5.02 Å². The molecular formula is C13H13ClN4S. The molecule has 6 heteroatoms. The number of benzene rings is 1. The summed E-state index contributed by atoms with van der Waals surface area (Å²) >= 11 is 7.71. The third-order valence-electron chi connectivity index (χ3n) is 2.98. The molecule has 0 atom stereocenters. The molecule has 2 N–H and O–H groups in total. The van der Waals surface area contributed by atoms with Crippen LogP contribution in [0.15, 0.2) is 29.4 Å². The fourth-order valence-corrected chi connectivity index (χ4v) is 2.60. The molecule has 98 valence electrons. The molecule has 0 fully saturated rings. The highest BCUT2D eigenvalue weighted by Crippen LogP contribution is 2.29. The Bertz CT molecular complexity index is 618. The van der Waals surface area contributed by atoms with Crippen molar-refractivity contribution in [2.24, 2.45) is 0 Å². The van der Waals surface area contributed by atoms with Crippen LogP contribution in [0.3, 0.4) is 0 Å². The molecule has 19 heavy (non-hydrogen) atoms. The highest BCUT2D eigenvalue weighted by atomic mass is 35.5. The van der Waals surface area contributed by atoms with Crippen molar-refractivity contribution in [3.8, 4) is 0 Å². The number of nitrogens with one attached hydrogen (secondary N) is 2. The zero-order valence-electron chi connectivity index (χ0n) is 10.4. The van der Waals surface area contributed by atoms with E-state index in [1.165, 1.54) is 0 Å². The molecule has 3 rings (SSSR count). The molecule has 2 aromatic rings. The number of halogens is 1. The number of fused-ring (bicyclic) bond motifs is 1. The monoisotopic (exact) mass is 292 g/mol. The zero-order chi connectivity index (χ0) is 13.2. The summed E-state index contributed by atoms with van der Waals surface area (Å²) in [5.41, 5.74) is 3.05. The molecule has 0 amide bonds. The maximum Gasteiger partial charge on any atom is 0.189 e. The summed E-state index contributed by atoms with van der Waals surface area (Å²) in [5, 5.41) is 8.07. The quantitative estimate of drug-likeness (QED) is 0.672. The van der Waals surface area contributed by atoms with Gasteiger partial charge in [0, 0.05) is 18.7 Å². The lowest BCUT2D eigenvalue weighted by atomic mass is 10.2. The van der Waals surface area contributed by atoms with E-state index >= 15 is 0 Å². The van der Waals surface area contributed by atoms with E-state index in [9.17, 15) is 0 Å². The molecule has 0 aliphatic carbocycles. The van der Waals surface area contributed by atoms with Gasteiger partial charge in [-0.15, -0.1) is 0 Å². The predicted molar refractivity (Wildman–Crippen MR) is 79.1 cm³/mol. The van der Waals surface area contributed by atoms with Crippen LogP contribution in [-0.4, -0.2) is 16.2 Å². The minimum atomic E-state index is 0.687. The fraction of sp³-hybridized carbons (Fsp3) is 0.231. The molecule has 0 unspecified atom stereocenters. The van der Waals surface area contributed by atoms with Crippen LogP contribution in [0.4, 0.5) is 11.5 Å². The van der Waals surface area contributed by atoms with Crippen LogP contribution in [-0.2, 0) is 13.1 Å². The van der Waals surface area contributed by atoms with Crippen molar-refractivity contribution < 1.29 is 0 Å². The smallest absolute Gasteiger partial charge is 0.189 e. The van der Waals surface area contributed by atoms with Crippen molar-refractivity contribution in [1.82, 2.24) is 15.3 Å². The Morgan fingerprint density at radius 1 is 1.26 bits per heavy atom. The molecule has 0 saturated carbocycles. The van der Waals surface area contributed by atoms with Crippen LogP contribution in [0.5, 0.6) is 0 Å². The largest absolute Gasteiger partial charge is 0.339 e. The van der Waals surface area contributed by atoms with Gasteiger partial charge in [-0.1, -0.05) is 35.5 Å². The Hall–Kier alpha value is -1.30. The lowest BCUT2D eigenvalue weighted by Crippen LogP contribution is -2.03. The van der Waals surface area contributed by atoms with E-state index in [2.05, 4.69) is 20.6 Å². The minimum Gasteiger partial charge on any atom is -0.339 e. The average Bonchev–Trinajstić information content (AvgIpc) is 2.89. The first-order valence-corrected chi connectivity index (χ1v) is 7.54. The summed E-state index contributed by atoms with van der Waals surface area (Å²) in [7, 11) is 0. The van der Waals surface area contributed by atoms with Gasteiger partial charge < -0.3 is 10.6 Å². The number of hydrogen-bond donors (Lipinski definition) is 2. The number of para-hydroxylation sites is 1. The number of anilines is 2. The third kappa shape index (κ3) is 2.54. The zero-order valence-corrected chi connectivity index (χ0v) is 12.0. The number of rotatable bonds is 3. The van der Waals surface area contributed by atoms with Gasteiger partial charge in [-0.2, -0.15) is 0 Å². The summed E-state index contributed by atoms with van der Waals surface area (Å²) in [5.74, 6) is 0.840. The molecule has 0 bridgehead atoms. The summed E-state index contributed by atoms with van der Waals surface area (Å²) in [4.78, 5) is 9.05. The van der Waals surface area contributed by atoms with Crippen molar-refractivity contribution in [3.63, 3.8) is 0 Å². The first kappa shape index (κ1) is 12.7. The highest BCUT2D eigenvalue weighted by Gasteiger charge is 2.19. The molecule has 0 spiro atoms. The first-order chi connectivity index (χ1) is 9.28. The molecule has 0 radical (unpaired) electrons. The van der Waals surface area contributed by atoms with Crippen LogP contribution in [0.25, 0.3) is 0 Å². The SMILES string of the molecule is CSc1nc2c(c(Nc3ccccc3Cl)n1)CNC2. The molecule has 1 aromatic heterocycles. The van der Waals surface area contributed by atoms with Crippen LogP contribution < -0.4 is 10.6 Å². The van der Waals surface area contributed by atoms with Gasteiger partial charge in [-0.3, -0.25) is 0 Å². The number of thioether (sulfide) groups is 1. The summed E-state index contributed by atoms with van der Waals surface area (Å²) in [6, 6.07) is 7.66. The van der Waals surface area contributed by atoms with E-state index in [-0.39, 0.29) is 0 Å². The maximum absolute atomic E-state index is 6.17. The van der Waals surface area contributed by atoms with Gasteiger partial charge in [0.15, 0.2) is 5.16 Å². The van der Waals surface area contributed by atoms with Gasteiger partial charge in [-0.25, -0.2) is 9.97 Å². The van der Waals surface area contributed by atoms with E-state index in [4.69, 9.17) is 11.6 Å². The van der Waals surface area contributed by atoms with Gasteiger partial charge in [0.05, 0.1) is 16.4 Å². The second kappa shape index (κ2) is 5.36. The van der Waals surface area contributed by atoms with E-state index < -0.39 is 0 Å². The minimum absolute atomic E-state index is 0.687. The predicted octanol–water partition coefficient (Wildman–Crippen LogP) is 3.20. The molecular weight excluding hydrogens is 280 g/mol. The Morgan fingerprint density at radius 3 is 2.89 bits per heavy atom. The van der Waals surface area contributed by atoms with Crippen LogP contribution in [0, 0.1) is 0 Å². The van der Waals surface area contributed by atoms with Crippen molar-refractivity contribution in [1.29, 1.82) is 0 Å². The molecule has 1 aliphatic rings. The molecule has 1 aliphatic heterocycles. The second-order valence-electron chi connectivity index (χ2n) is 4.19. The molecule has 1 aromatic carbocycles. The van der Waals surface area contributed by atoms with Crippen molar-refractivity contribution in [2.45, 2.75) is 18.2 Å². The van der Waals surface area contributed by atoms with Gasteiger partial charge in [0.25, 0.3) is 0 Å². The van der Waals surface area contributed by atoms with Crippen molar-refractivity contribution in [2.75, 3.05) is 11.6 Å². The summed E-state index contributed by atoms with van der Waals surface area (Å²) < 4.78 is 0. The van der Waals surface area contributed by atoms with Crippen molar-refractivity contribution in [3.05, 3.63) is 40.5 Å². The Labute approximate surface area is 121 Å². The number of hydrogen-bond acceptors (Lipinski definition) is 5. The first-order valence-electron chi connectivity index (χ1n) is 5.94. The maximum atomic E-state index is 6.17. The lowest BCUT2D eigenvalue weighted by Gasteiger charge is -2.12. The number of nitrogens with zero attached hydrogens (tertiary/aromatic N) is 2. The van der Waals surface area contributed by atoms with E-state index in [0.717, 1.165) is 41.0 Å². The molecule has 4 nitrogen and oxygen atoms in total. The third-order valence-corrected chi connectivity index (χ3v) is 3.85. The van der Waals surface area contributed by atoms with Crippen LogP contribution in [0.1, 0.15) is 11.3 Å². The summed E-state index contributed by atoms with van der Waals surface area (Å²) in [6.07, 6.45) is 1.98. The Morgan fingerprint density at radius 2 is 2.11 bits per heavy atom. The fourth-order valence-electron chi connectivity index (χ4n) is 2.03. The Balaban J connectivity index is 2.01. The molecule has 0 saturated heterocycles. The molecule has 2 heterocycles. The van der Waals surface area contributed by atoms with Gasteiger partial charge >= 0.3 is 0 Å². The van der Waals surface area contributed by atoms with Gasteiger partial charge in [0.1, 0.15) is 5.82 Å². The van der Waals surface area contributed by atoms with E-state index in [0.29, 0.717) is 5.02 Å². The average molecular weight is 293 g/mol. The van der Waals surface area contributed by atoms with E-state index in [1.54, 1.807) is 11.8 Å². The highest BCUT2D eigenvalue weighted by molar-refractivity contribution is 7.98. The van der Waals surface area contributed by atoms with Crippen molar-refractivity contribution >= 4 is 34.9 Å². The van der Waals surface area contributed by atoms with Gasteiger partial charge in [-0.05, 0) is 18.4 Å². The van der Waals surface area contributed by atoms with E-state index in [1.807, 2.05) is 30.5 Å².